The lowest BCUT2D eigenvalue weighted by Crippen LogP contribution is -2.46. The van der Waals surface area contributed by atoms with Crippen LogP contribution in [-0.2, 0) is 0 Å². The Morgan fingerprint density at radius 1 is 1.60 bits per heavy atom. The fraction of sp³-hybridized carbons (Fsp3) is 0.583. The van der Waals surface area contributed by atoms with E-state index in [1.165, 1.54) is 5.56 Å². The molecule has 1 aliphatic carbocycles. The van der Waals surface area contributed by atoms with Crippen LogP contribution in [0.5, 0.6) is 5.88 Å². The van der Waals surface area contributed by atoms with Crippen molar-refractivity contribution in [1.82, 2.24) is 10.3 Å². The molecule has 0 bridgehead atoms. The maximum atomic E-state index is 5.76. The van der Waals surface area contributed by atoms with E-state index in [-0.39, 0.29) is 1.43 Å². The van der Waals surface area contributed by atoms with E-state index in [0.717, 1.165) is 25.3 Å². The molecule has 2 rings (SSSR count). The first-order valence-electron chi connectivity index (χ1n) is 5.60. The zero-order valence-corrected chi connectivity index (χ0v) is 9.36. The average molecular weight is 208 g/mol. The van der Waals surface area contributed by atoms with Gasteiger partial charge < -0.3 is 10.1 Å². The van der Waals surface area contributed by atoms with E-state index in [2.05, 4.69) is 24.1 Å². The first kappa shape index (κ1) is 10.4. The molecule has 1 aromatic rings. The second-order valence-electron chi connectivity index (χ2n) is 4.14. The van der Waals surface area contributed by atoms with Gasteiger partial charge >= 0.3 is 0 Å². The number of nitrogens with zero attached hydrogens (tertiary/aromatic N) is 1. The molecule has 0 spiro atoms. The molecule has 1 aromatic heterocycles. The molecule has 0 amide bonds. The van der Waals surface area contributed by atoms with Gasteiger partial charge in [-0.2, -0.15) is 0 Å². The second-order valence-corrected chi connectivity index (χ2v) is 4.14. The zero-order chi connectivity index (χ0) is 10.7. The predicted octanol–water partition coefficient (Wildman–Crippen LogP) is 2.16. The van der Waals surface area contributed by atoms with Crippen molar-refractivity contribution >= 4 is 0 Å². The highest BCUT2D eigenvalue weighted by atomic mass is 16.5. The Bertz CT molecular complexity index is 327. The number of hydrogen-bond donors (Lipinski definition) is 1. The quantitative estimate of drug-likeness (QED) is 0.823. The molecule has 0 aromatic carbocycles. The molecule has 3 heteroatoms. The molecule has 0 unspecified atom stereocenters. The fourth-order valence-corrected chi connectivity index (χ4v) is 1.86. The van der Waals surface area contributed by atoms with E-state index in [4.69, 9.17) is 4.74 Å². The zero-order valence-electron chi connectivity index (χ0n) is 9.36. The van der Waals surface area contributed by atoms with Gasteiger partial charge in [-0.1, -0.05) is 6.92 Å². The predicted molar refractivity (Wildman–Crippen MR) is 62.2 cm³/mol. The second kappa shape index (κ2) is 4.62. The largest absolute Gasteiger partial charge is 0.474 e. The molecular formula is C12H20N2O. The smallest absolute Gasteiger partial charge is 0.213 e. The van der Waals surface area contributed by atoms with Crippen LogP contribution in [0.3, 0.4) is 0 Å². The number of ether oxygens (including phenoxy) is 1. The van der Waals surface area contributed by atoms with Gasteiger partial charge in [-0.05, 0) is 37.9 Å². The molecular weight excluding hydrogens is 188 g/mol. The van der Waals surface area contributed by atoms with E-state index in [1.54, 1.807) is 6.20 Å². The van der Waals surface area contributed by atoms with Gasteiger partial charge in [-0.25, -0.2) is 4.98 Å². The Morgan fingerprint density at radius 3 is 3.07 bits per heavy atom. The highest BCUT2D eigenvalue weighted by Gasteiger charge is 2.30. The van der Waals surface area contributed by atoms with Gasteiger partial charge in [0.25, 0.3) is 0 Å². The summed E-state index contributed by atoms with van der Waals surface area (Å²) in [6.07, 6.45) is 4.35. The van der Waals surface area contributed by atoms with E-state index in [1.807, 2.05) is 12.1 Å². The van der Waals surface area contributed by atoms with Crippen LogP contribution in [0.4, 0.5) is 0 Å². The molecule has 3 nitrogen and oxygen atoms in total. The maximum Gasteiger partial charge on any atom is 0.213 e. The fourth-order valence-electron chi connectivity index (χ4n) is 1.86. The van der Waals surface area contributed by atoms with Gasteiger partial charge in [-0.3, -0.25) is 0 Å². The minimum atomic E-state index is 0. The molecule has 1 heterocycles. The Labute approximate surface area is 92.3 Å². The summed E-state index contributed by atoms with van der Waals surface area (Å²) in [5.41, 5.74) is 1.20. The van der Waals surface area contributed by atoms with Crippen LogP contribution in [0.2, 0.25) is 0 Å². The third kappa shape index (κ3) is 2.69. The normalized spacial score (nSPS) is 24.7. The van der Waals surface area contributed by atoms with Crippen molar-refractivity contribution in [3.8, 4) is 5.88 Å². The van der Waals surface area contributed by atoms with E-state index in [9.17, 15) is 0 Å². The van der Waals surface area contributed by atoms with Crippen LogP contribution >= 0.6 is 0 Å². The lowest BCUT2D eigenvalue weighted by Gasteiger charge is -2.35. The van der Waals surface area contributed by atoms with Crippen LogP contribution < -0.4 is 10.1 Å². The van der Waals surface area contributed by atoms with E-state index >= 15 is 0 Å². The van der Waals surface area contributed by atoms with Gasteiger partial charge in [0.1, 0.15) is 6.10 Å². The number of nitrogens with one attached hydrogen (secondary N) is 1. The topological polar surface area (TPSA) is 34.1 Å². The van der Waals surface area contributed by atoms with Gasteiger partial charge in [0, 0.05) is 19.7 Å². The molecule has 1 N–H and O–H groups in total. The SMILES string of the molecule is CCNC1CC(Oc2cc(C)ccn2)C1.[HH]. The summed E-state index contributed by atoms with van der Waals surface area (Å²) in [4.78, 5) is 4.19. The van der Waals surface area contributed by atoms with Crippen molar-refractivity contribution < 1.29 is 6.16 Å². The highest BCUT2D eigenvalue weighted by Crippen LogP contribution is 2.24. The average Bonchev–Trinajstić information content (AvgIpc) is 2.15. The summed E-state index contributed by atoms with van der Waals surface area (Å²) in [6, 6.07) is 4.61. The van der Waals surface area contributed by atoms with Gasteiger partial charge in [0.15, 0.2) is 0 Å². The summed E-state index contributed by atoms with van der Waals surface area (Å²) in [6.45, 7) is 5.23. The van der Waals surface area contributed by atoms with Gasteiger partial charge in [-0.15, -0.1) is 0 Å². The minimum absolute atomic E-state index is 0. The Hall–Kier alpha value is -1.09. The molecule has 15 heavy (non-hydrogen) atoms. The molecule has 0 saturated heterocycles. The van der Waals surface area contributed by atoms with Crippen LogP contribution in [-0.4, -0.2) is 23.7 Å². The lowest BCUT2D eigenvalue weighted by molar-refractivity contribution is 0.0814. The van der Waals surface area contributed by atoms with Gasteiger partial charge in [0.05, 0.1) is 0 Å². The first-order valence-corrected chi connectivity index (χ1v) is 5.60. The summed E-state index contributed by atoms with van der Waals surface area (Å²) in [5.74, 6) is 0.759. The monoisotopic (exact) mass is 208 g/mol. The Kier molecular flexibility index (Phi) is 3.21. The molecule has 0 aliphatic heterocycles. The van der Waals surface area contributed by atoms with Crippen LogP contribution in [0.15, 0.2) is 18.3 Å². The standard InChI is InChI=1S/C12H18N2O.H2/c1-3-13-10-7-11(8-10)15-12-6-9(2)4-5-14-12;/h4-6,10-11,13H,3,7-8H2,1-2H3;1H. The lowest BCUT2D eigenvalue weighted by atomic mass is 9.89. The summed E-state index contributed by atoms with van der Waals surface area (Å²) >= 11 is 0. The minimum Gasteiger partial charge on any atom is -0.474 e. The third-order valence-corrected chi connectivity index (χ3v) is 2.77. The van der Waals surface area contributed by atoms with Crippen LogP contribution in [0.1, 0.15) is 26.8 Å². The molecule has 1 saturated carbocycles. The maximum absolute atomic E-state index is 5.76. The number of aryl methyl sites for hydroxylation is 1. The van der Waals surface area contributed by atoms with Crippen molar-refractivity contribution in [2.24, 2.45) is 0 Å². The number of aromatic nitrogens is 1. The summed E-state index contributed by atoms with van der Waals surface area (Å²) < 4.78 is 5.76. The summed E-state index contributed by atoms with van der Waals surface area (Å²) in [5, 5.41) is 3.41. The van der Waals surface area contributed by atoms with Crippen molar-refractivity contribution in [3.05, 3.63) is 23.9 Å². The number of pyridine rings is 1. The Balaban J connectivity index is 0.00000128. The molecule has 0 radical (unpaired) electrons. The molecule has 1 fully saturated rings. The van der Waals surface area contributed by atoms with Crippen molar-refractivity contribution in [1.29, 1.82) is 0 Å². The number of rotatable bonds is 4. The summed E-state index contributed by atoms with van der Waals surface area (Å²) in [7, 11) is 0. The van der Waals surface area contributed by atoms with Crippen molar-refractivity contribution in [3.63, 3.8) is 0 Å². The number of hydrogen-bond acceptors (Lipinski definition) is 3. The van der Waals surface area contributed by atoms with E-state index < -0.39 is 0 Å². The first-order chi connectivity index (χ1) is 7.28. The van der Waals surface area contributed by atoms with Gasteiger partial charge in [0.2, 0.25) is 5.88 Å². The Morgan fingerprint density at radius 2 is 2.40 bits per heavy atom. The highest BCUT2D eigenvalue weighted by molar-refractivity contribution is 5.19. The van der Waals surface area contributed by atoms with Crippen LogP contribution in [0, 0.1) is 6.92 Å². The third-order valence-electron chi connectivity index (χ3n) is 2.77. The van der Waals surface area contributed by atoms with E-state index in [0.29, 0.717) is 12.1 Å². The van der Waals surface area contributed by atoms with Crippen molar-refractivity contribution in [2.45, 2.75) is 38.8 Å². The van der Waals surface area contributed by atoms with Crippen LogP contribution in [0.25, 0.3) is 0 Å². The van der Waals surface area contributed by atoms with Crippen molar-refractivity contribution in [2.75, 3.05) is 6.54 Å². The molecule has 1 aliphatic rings. The molecule has 0 atom stereocenters. The molecule has 84 valence electrons.